The topological polar surface area (TPSA) is 103 Å². The number of ether oxygens (including phenoxy) is 1. The second-order valence-corrected chi connectivity index (χ2v) is 12.5. The van der Waals surface area contributed by atoms with Gasteiger partial charge in [-0.15, -0.1) is 0 Å². The van der Waals surface area contributed by atoms with E-state index in [0.717, 1.165) is 39.5 Å². The molecule has 0 aliphatic heterocycles. The second kappa shape index (κ2) is 11.9. The van der Waals surface area contributed by atoms with Crippen molar-refractivity contribution in [1.82, 2.24) is 19.3 Å². The summed E-state index contributed by atoms with van der Waals surface area (Å²) < 4.78 is 24.4. The fourth-order valence-electron chi connectivity index (χ4n) is 4.91. The van der Waals surface area contributed by atoms with Crippen LogP contribution in [0.3, 0.4) is 0 Å². The molecule has 2 aromatic heterocycles. The van der Waals surface area contributed by atoms with E-state index in [1.807, 2.05) is 90.1 Å². The molecule has 222 valence electrons. The first-order chi connectivity index (χ1) is 20.5. The molecule has 0 radical (unpaired) electrons. The minimum Gasteiger partial charge on any atom is -0.492 e. The fraction of sp³-hybridized carbons (Fsp3) is 0.242. The van der Waals surface area contributed by atoms with Gasteiger partial charge in [-0.3, -0.25) is 4.79 Å². The van der Waals surface area contributed by atoms with E-state index in [9.17, 15) is 9.00 Å². The van der Waals surface area contributed by atoms with Gasteiger partial charge >= 0.3 is 0 Å². The van der Waals surface area contributed by atoms with Crippen LogP contribution >= 0.6 is 0 Å². The monoisotopic (exact) mass is 596 g/mol. The van der Waals surface area contributed by atoms with E-state index in [0.29, 0.717) is 22.7 Å². The number of carbonyl (C=O) groups is 1. The standard InChI is InChI=1S/C33H36N6O3S/c1-21-13-14-23(32(40)36-27-16-24(33(3,4)5)17-28(31(27)42-6)37-43(7)41)15-30(21)38-19-29(34-20-38)26-18-35-39(22(26)2)25-11-9-8-10-12-25/h8-20,37H,1-7H3,(H,36,40). The molecule has 10 heteroatoms. The van der Waals surface area contributed by atoms with Crippen molar-refractivity contribution in [2.45, 2.75) is 40.0 Å². The molecule has 0 fully saturated rings. The lowest BCUT2D eigenvalue weighted by molar-refractivity contribution is 0.102. The average Bonchev–Trinajstić information content (AvgIpc) is 3.59. The Morgan fingerprint density at radius 3 is 2.40 bits per heavy atom. The number of amides is 1. The summed E-state index contributed by atoms with van der Waals surface area (Å²) in [5.74, 6) is 0.115. The average molecular weight is 597 g/mol. The maximum atomic E-state index is 13.6. The lowest BCUT2D eigenvalue weighted by atomic mass is 9.86. The van der Waals surface area contributed by atoms with Gasteiger partial charge in [0.25, 0.3) is 5.91 Å². The van der Waals surface area contributed by atoms with Gasteiger partial charge in [0.15, 0.2) is 5.75 Å². The van der Waals surface area contributed by atoms with Gasteiger partial charge in [0, 0.05) is 23.6 Å². The van der Waals surface area contributed by atoms with Crippen molar-refractivity contribution in [2.75, 3.05) is 23.4 Å². The fourth-order valence-corrected chi connectivity index (χ4v) is 5.37. The SMILES string of the molecule is COc1c(NC(=O)c2ccc(C)c(-n3cnc(-c4cnn(-c5ccccc5)c4C)c3)c2)cc(C(C)(C)C)cc1NS(C)=O. The zero-order valence-corrected chi connectivity index (χ0v) is 26.2. The summed E-state index contributed by atoms with van der Waals surface area (Å²) in [6, 6.07) is 19.3. The maximum absolute atomic E-state index is 13.6. The molecule has 1 unspecified atom stereocenters. The number of methoxy groups -OCH3 is 1. The van der Waals surface area contributed by atoms with E-state index in [-0.39, 0.29) is 11.3 Å². The quantitative estimate of drug-likeness (QED) is 0.210. The molecule has 0 saturated carbocycles. The van der Waals surface area contributed by atoms with Gasteiger partial charge in [0.2, 0.25) is 0 Å². The summed E-state index contributed by atoms with van der Waals surface area (Å²) in [6.45, 7) is 10.2. The predicted molar refractivity (Wildman–Crippen MR) is 173 cm³/mol. The Bertz CT molecular complexity index is 1820. The third-order valence-corrected chi connectivity index (χ3v) is 7.79. The summed E-state index contributed by atoms with van der Waals surface area (Å²) >= 11 is 0. The zero-order chi connectivity index (χ0) is 30.9. The first-order valence-corrected chi connectivity index (χ1v) is 15.4. The number of nitrogens with zero attached hydrogens (tertiary/aromatic N) is 4. The third kappa shape index (κ3) is 6.24. The molecular formula is C33H36N6O3S. The van der Waals surface area contributed by atoms with Crippen LogP contribution in [0.2, 0.25) is 0 Å². The van der Waals surface area contributed by atoms with Crippen LogP contribution in [0, 0.1) is 13.8 Å². The highest BCUT2D eigenvalue weighted by atomic mass is 32.2. The lowest BCUT2D eigenvalue weighted by Gasteiger charge is -2.24. The largest absolute Gasteiger partial charge is 0.492 e. The minimum atomic E-state index is -1.33. The number of aromatic nitrogens is 4. The summed E-state index contributed by atoms with van der Waals surface area (Å²) in [4.78, 5) is 18.3. The van der Waals surface area contributed by atoms with Crippen LogP contribution < -0.4 is 14.8 Å². The van der Waals surface area contributed by atoms with Crippen LogP contribution in [-0.2, 0) is 16.4 Å². The highest BCUT2D eigenvalue weighted by molar-refractivity contribution is 7.85. The van der Waals surface area contributed by atoms with Gasteiger partial charge in [0.05, 0.1) is 53.8 Å². The van der Waals surface area contributed by atoms with Crippen molar-refractivity contribution in [3.05, 3.63) is 102 Å². The van der Waals surface area contributed by atoms with Gasteiger partial charge in [-0.05, 0) is 66.8 Å². The van der Waals surface area contributed by atoms with Gasteiger partial charge in [-0.1, -0.05) is 45.0 Å². The molecule has 0 spiro atoms. The first kappa shape index (κ1) is 29.8. The molecule has 2 heterocycles. The molecule has 2 N–H and O–H groups in total. The van der Waals surface area contributed by atoms with Crippen molar-refractivity contribution in [2.24, 2.45) is 0 Å². The number of nitrogens with one attached hydrogen (secondary N) is 2. The van der Waals surface area contributed by atoms with E-state index < -0.39 is 11.0 Å². The van der Waals surface area contributed by atoms with E-state index in [1.165, 1.54) is 7.11 Å². The predicted octanol–water partition coefficient (Wildman–Crippen LogP) is 6.61. The number of para-hydroxylation sites is 1. The molecule has 1 amide bonds. The molecule has 0 aliphatic carbocycles. The van der Waals surface area contributed by atoms with Crippen LogP contribution in [-0.4, -0.2) is 42.8 Å². The number of aryl methyl sites for hydroxylation is 1. The maximum Gasteiger partial charge on any atom is 0.255 e. The van der Waals surface area contributed by atoms with Crippen LogP contribution in [0.25, 0.3) is 22.6 Å². The number of hydrogen-bond acceptors (Lipinski definition) is 5. The van der Waals surface area contributed by atoms with Crippen LogP contribution in [0.1, 0.15) is 48.0 Å². The van der Waals surface area contributed by atoms with E-state index in [1.54, 1.807) is 18.6 Å². The smallest absolute Gasteiger partial charge is 0.255 e. The molecule has 0 bridgehead atoms. The highest BCUT2D eigenvalue weighted by Gasteiger charge is 2.22. The Balaban J connectivity index is 1.46. The summed E-state index contributed by atoms with van der Waals surface area (Å²) in [5, 5.41) is 7.60. The Kier molecular flexibility index (Phi) is 8.23. The van der Waals surface area contributed by atoms with Gasteiger partial charge < -0.3 is 19.3 Å². The Morgan fingerprint density at radius 2 is 1.72 bits per heavy atom. The molecule has 43 heavy (non-hydrogen) atoms. The normalized spacial score (nSPS) is 12.2. The number of rotatable bonds is 8. The number of carbonyl (C=O) groups excluding carboxylic acids is 1. The van der Waals surface area contributed by atoms with E-state index in [4.69, 9.17) is 4.74 Å². The number of anilines is 2. The minimum absolute atomic E-state index is 0.219. The Labute approximate surface area is 254 Å². The molecule has 9 nitrogen and oxygen atoms in total. The molecule has 0 saturated heterocycles. The third-order valence-electron chi connectivity index (χ3n) is 7.28. The van der Waals surface area contributed by atoms with Crippen LogP contribution in [0.5, 0.6) is 5.75 Å². The van der Waals surface area contributed by atoms with E-state index in [2.05, 4.69) is 40.9 Å². The molecule has 1 atom stereocenters. The zero-order valence-electron chi connectivity index (χ0n) is 25.4. The molecule has 5 aromatic rings. The van der Waals surface area contributed by atoms with E-state index >= 15 is 0 Å². The van der Waals surface area contributed by atoms with Crippen molar-refractivity contribution in [1.29, 1.82) is 0 Å². The summed E-state index contributed by atoms with van der Waals surface area (Å²) in [6.07, 6.45) is 7.06. The Hall–Kier alpha value is -4.70. The second-order valence-electron chi connectivity index (χ2n) is 11.4. The highest BCUT2D eigenvalue weighted by Crippen LogP contribution is 2.39. The van der Waals surface area contributed by atoms with Crippen molar-refractivity contribution >= 4 is 28.3 Å². The molecule has 5 rings (SSSR count). The molecular weight excluding hydrogens is 560 g/mol. The summed E-state index contributed by atoms with van der Waals surface area (Å²) in [5.41, 5.74) is 7.74. The summed E-state index contributed by atoms with van der Waals surface area (Å²) in [7, 11) is 0.199. The lowest BCUT2D eigenvalue weighted by Crippen LogP contribution is -2.17. The van der Waals surface area contributed by atoms with Gasteiger partial charge in [-0.25, -0.2) is 13.9 Å². The first-order valence-electron chi connectivity index (χ1n) is 13.9. The van der Waals surface area contributed by atoms with Crippen molar-refractivity contribution in [3.63, 3.8) is 0 Å². The number of benzene rings is 3. The number of hydrogen-bond donors (Lipinski definition) is 2. The van der Waals surface area contributed by atoms with Crippen LogP contribution in [0.4, 0.5) is 11.4 Å². The van der Waals surface area contributed by atoms with Crippen molar-refractivity contribution in [3.8, 4) is 28.4 Å². The molecule has 0 aliphatic rings. The van der Waals surface area contributed by atoms with Crippen molar-refractivity contribution < 1.29 is 13.7 Å². The van der Waals surface area contributed by atoms with Crippen LogP contribution in [0.15, 0.2) is 79.4 Å². The Morgan fingerprint density at radius 1 is 1.00 bits per heavy atom. The number of imidazole rings is 1. The van der Waals surface area contributed by atoms with Gasteiger partial charge in [-0.2, -0.15) is 5.10 Å². The van der Waals surface area contributed by atoms with Gasteiger partial charge in [0.1, 0.15) is 11.0 Å². The molecule has 3 aromatic carbocycles.